The number of hydrogen-bond acceptors (Lipinski definition) is 2. The SMILES string of the molecule is CC(C)(C#N)NC(=O)C1CCCC1. The molecule has 1 fully saturated rings. The van der Waals surface area contributed by atoms with Crippen LogP contribution in [0.2, 0.25) is 0 Å². The van der Waals surface area contributed by atoms with Crippen LogP contribution in [0, 0.1) is 17.2 Å². The molecule has 0 spiro atoms. The summed E-state index contributed by atoms with van der Waals surface area (Å²) in [4.78, 5) is 11.6. The zero-order valence-corrected chi connectivity index (χ0v) is 8.26. The summed E-state index contributed by atoms with van der Waals surface area (Å²) < 4.78 is 0. The summed E-state index contributed by atoms with van der Waals surface area (Å²) in [5.74, 6) is 0.191. The van der Waals surface area contributed by atoms with Gasteiger partial charge in [0.05, 0.1) is 6.07 Å². The maximum atomic E-state index is 11.6. The number of amides is 1. The molecule has 1 saturated carbocycles. The lowest BCUT2D eigenvalue weighted by atomic mass is 10.0. The van der Waals surface area contributed by atoms with Crippen molar-refractivity contribution in [1.82, 2.24) is 5.32 Å². The molecule has 0 saturated heterocycles. The monoisotopic (exact) mass is 180 g/mol. The van der Waals surface area contributed by atoms with Crippen LogP contribution in [0.4, 0.5) is 0 Å². The van der Waals surface area contributed by atoms with Crippen LogP contribution < -0.4 is 5.32 Å². The predicted octanol–water partition coefficient (Wildman–Crippen LogP) is 1.59. The van der Waals surface area contributed by atoms with Gasteiger partial charge in [-0.1, -0.05) is 12.8 Å². The number of carbonyl (C=O) groups is 1. The first-order valence-electron chi connectivity index (χ1n) is 4.78. The van der Waals surface area contributed by atoms with Crippen LogP contribution >= 0.6 is 0 Å². The average molecular weight is 180 g/mol. The normalized spacial score (nSPS) is 18.2. The Morgan fingerprint density at radius 1 is 1.46 bits per heavy atom. The van der Waals surface area contributed by atoms with Gasteiger partial charge in [0.25, 0.3) is 0 Å². The van der Waals surface area contributed by atoms with Crippen LogP contribution in [-0.2, 0) is 4.79 Å². The fraction of sp³-hybridized carbons (Fsp3) is 0.800. The molecule has 3 nitrogen and oxygen atoms in total. The maximum absolute atomic E-state index is 11.6. The summed E-state index contributed by atoms with van der Waals surface area (Å²) in [5.41, 5.74) is -0.723. The van der Waals surface area contributed by atoms with E-state index in [1.165, 1.54) is 0 Å². The Bertz CT molecular complexity index is 234. The Kier molecular flexibility index (Phi) is 2.92. The first kappa shape index (κ1) is 10.0. The van der Waals surface area contributed by atoms with Crippen molar-refractivity contribution in [3.63, 3.8) is 0 Å². The fourth-order valence-corrected chi connectivity index (χ4v) is 1.63. The van der Waals surface area contributed by atoms with E-state index in [2.05, 4.69) is 11.4 Å². The second-order valence-electron chi connectivity index (χ2n) is 4.21. The highest BCUT2D eigenvalue weighted by atomic mass is 16.2. The number of rotatable bonds is 2. The predicted molar refractivity (Wildman–Crippen MR) is 49.8 cm³/mol. The van der Waals surface area contributed by atoms with E-state index in [1.54, 1.807) is 13.8 Å². The quantitative estimate of drug-likeness (QED) is 0.701. The largest absolute Gasteiger partial charge is 0.338 e. The van der Waals surface area contributed by atoms with E-state index in [4.69, 9.17) is 5.26 Å². The summed E-state index contributed by atoms with van der Waals surface area (Å²) in [6.07, 6.45) is 4.25. The molecule has 3 heteroatoms. The zero-order valence-electron chi connectivity index (χ0n) is 8.26. The molecule has 0 aromatic carbocycles. The molecule has 1 amide bonds. The second kappa shape index (κ2) is 3.78. The van der Waals surface area contributed by atoms with Gasteiger partial charge in [0.2, 0.25) is 5.91 Å². The van der Waals surface area contributed by atoms with Crippen LogP contribution in [-0.4, -0.2) is 11.4 Å². The summed E-state index contributed by atoms with van der Waals surface area (Å²) in [6.45, 7) is 3.44. The van der Waals surface area contributed by atoms with Crippen LogP contribution in [0.3, 0.4) is 0 Å². The van der Waals surface area contributed by atoms with Crippen molar-refractivity contribution in [2.75, 3.05) is 0 Å². The number of carbonyl (C=O) groups excluding carboxylic acids is 1. The first-order valence-corrected chi connectivity index (χ1v) is 4.78. The van der Waals surface area contributed by atoms with Crippen molar-refractivity contribution in [3.05, 3.63) is 0 Å². The number of hydrogen-bond donors (Lipinski definition) is 1. The van der Waals surface area contributed by atoms with Gasteiger partial charge in [-0.05, 0) is 26.7 Å². The third-order valence-electron chi connectivity index (χ3n) is 2.44. The Morgan fingerprint density at radius 2 is 2.00 bits per heavy atom. The molecule has 13 heavy (non-hydrogen) atoms. The summed E-state index contributed by atoms with van der Waals surface area (Å²) in [6, 6.07) is 2.06. The minimum absolute atomic E-state index is 0.0454. The Balaban J connectivity index is 2.45. The topological polar surface area (TPSA) is 52.9 Å². The van der Waals surface area contributed by atoms with Gasteiger partial charge >= 0.3 is 0 Å². The molecule has 0 aromatic heterocycles. The lowest BCUT2D eigenvalue weighted by Crippen LogP contribution is -2.44. The molecule has 0 radical (unpaired) electrons. The summed E-state index contributed by atoms with van der Waals surface area (Å²) in [7, 11) is 0. The number of nitrogens with one attached hydrogen (secondary N) is 1. The maximum Gasteiger partial charge on any atom is 0.224 e. The van der Waals surface area contributed by atoms with E-state index in [0.717, 1.165) is 25.7 Å². The average Bonchev–Trinajstić information content (AvgIpc) is 2.55. The van der Waals surface area contributed by atoms with E-state index >= 15 is 0 Å². The van der Waals surface area contributed by atoms with Gasteiger partial charge in [-0.15, -0.1) is 0 Å². The molecule has 0 atom stereocenters. The molecule has 0 aromatic rings. The molecule has 0 aliphatic heterocycles. The summed E-state index contributed by atoms with van der Waals surface area (Å²) in [5, 5.41) is 11.5. The molecule has 0 unspecified atom stereocenters. The summed E-state index contributed by atoms with van der Waals surface area (Å²) >= 11 is 0. The zero-order chi connectivity index (χ0) is 9.90. The van der Waals surface area contributed by atoms with Gasteiger partial charge in [0, 0.05) is 5.92 Å². The first-order chi connectivity index (χ1) is 6.05. The lowest BCUT2D eigenvalue weighted by Gasteiger charge is -2.20. The third kappa shape index (κ3) is 2.73. The van der Waals surface area contributed by atoms with Gasteiger partial charge in [-0.25, -0.2) is 0 Å². The van der Waals surface area contributed by atoms with Gasteiger partial charge < -0.3 is 5.32 Å². The van der Waals surface area contributed by atoms with Crippen molar-refractivity contribution >= 4 is 5.91 Å². The smallest absolute Gasteiger partial charge is 0.224 e. The van der Waals surface area contributed by atoms with E-state index in [9.17, 15) is 4.79 Å². The molecular formula is C10H16N2O. The van der Waals surface area contributed by atoms with Crippen molar-refractivity contribution < 1.29 is 4.79 Å². The molecule has 1 rings (SSSR count). The fourth-order valence-electron chi connectivity index (χ4n) is 1.63. The highest BCUT2D eigenvalue weighted by Crippen LogP contribution is 2.25. The van der Waals surface area contributed by atoms with E-state index in [-0.39, 0.29) is 11.8 Å². The molecule has 72 valence electrons. The minimum Gasteiger partial charge on any atom is -0.338 e. The van der Waals surface area contributed by atoms with Gasteiger partial charge in [0.15, 0.2) is 0 Å². The van der Waals surface area contributed by atoms with Crippen molar-refractivity contribution in [2.24, 2.45) is 5.92 Å². The Hall–Kier alpha value is -1.04. The molecular weight excluding hydrogens is 164 g/mol. The Labute approximate surface area is 79.1 Å². The molecule has 0 heterocycles. The highest BCUT2D eigenvalue weighted by Gasteiger charge is 2.27. The van der Waals surface area contributed by atoms with Crippen LogP contribution in [0.15, 0.2) is 0 Å². The number of nitriles is 1. The Morgan fingerprint density at radius 3 is 2.46 bits per heavy atom. The lowest BCUT2D eigenvalue weighted by molar-refractivity contribution is -0.125. The van der Waals surface area contributed by atoms with Crippen LogP contribution in [0.1, 0.15) is 39.5 Å². The molecule has 1 aliphatic carbocycles. The molecule has 0 bridgehead atoms. The van der Waals surface area contributed by atoms with Crippen LogP contribution in [0.25, 0.3) is 0 Å². The van der Waals surface area contributed by atoms with Gasteiger partial charge in [-0.2, -0.15) is 5.26 Å². The van der Waals surface area contributed by atoms with Gasteiger partial charge in [-0.3, -0.25) is 4.79 Å². The van der Waals surface area contributed by atoms with Crippen molar-refractivity contribution in [1.29, 1.82) is 5.26 Å². The highest BCUT2D eigenvalue weighted by molar-refractivity contribution is 5.80. The van der Waals surface area contributed by atoms with E-state index < -0.39 is 5.54 Å². The van der Waals surface area contributed by atoms with Gasteiger partial charge in [0.1, 0.15) is 5.54 Å². The van der Waals surface area contributed by atoms with Crippen molar-refractivity contribution in [3.8, 4) is 6.07 Å². The third-order valence-corrected chi connectivity index (χ3v) is 2.44. The standard InChI is InChI=1S/C10H16N2O/c1-10(2,7-11)12-9(13)8-5-3-4-6-8/h8H,3-6H2,1-2H3,(H,12,13). The van der Waals surface area contributed by atoms with E-state index in [0.29, 0.717) is 0 Å². The van der Waals surface area contributed by atoms with Crippen LogP contribution in [0.5, 0.6) is 0 Å². The molecule has 1 N–H and O–H groups in total. The second-order valence-corrected chi connectivity index (χ2v) is 4.21. The van der Waals surface area contributed by atoms with E-state index in [1.807, 2.05) is 0 Å². The number of nitrogens with zero attached hydrogens (tertiary/aromatic N) is 1. The minimum atomic E-state index is -0.723. The van der Waals surface area contributed by atoms with Crippen molar-refractivity contribution in [2.45, 2.75) is 45.1 Å². The molecule has 1 aliphatic rings.